The van der Waals surface area contributed by atoms with Crippen molar-refractivity contribution in [2.45, 2.75) is 17.7 Å². The second-order valence-electron chi connectivity index (χ2n) is 3.69. The van der Waals surface area contributed by atoms with Gasteiger partial charge < -0.3 is 4.42 Å². The number of rotatable bonds is 3. The Hall–Kier alpha value is -1.96. The first kappa shape index (κ1) is 11.1. The zero-order chi connectivity index (χ0) is 12.5. The van der Waals surface area contributed by atoms with Gasteiger partial charge in [-0.25, -0.2) is 9.97 Å². The van der Waals surface area contributed by atoms with E-state index in [9.17, 15) is 0 Å². The number of nitrogens with zero attached hydrogens (tertiary/aromatic N) is 6. The fraction of sp³-hybridized carbons (Fsp3) is 0.300. The van der Waals surface area contributed by atoms with Gasteiger partial charge in [0.15, 0.2) is 5.65 Å². The van der Waals surface area contributed by atoms with Crippen molar-refractivity contribution in [1.82, 2.24) is 29.9 Å². The predicted molar refractivity (Wildman–Crippen MR) is 64.9 cm³/mol. The Labute approximate surface area is 107 Å². The van der Waals surface area contributed by atoms with Crippen LogP contribution in [0.5, 0.6) is 0 Å². The van der Waals surface area contributed by atoms with Crippen LogP contribution >= 0.6 is 11.8 Å². The fourth-order valence-electron chi connectivity index (χ4n) is 1.58. The van der Waals surface area contributed by atoms with E-state index in [1.54, 1.807) is 17.8 Å². The van der Waals surface area contributed by atoms with Gasteiger partial charge in [-0.2, -0.15) is 5.10 Å². The smallest absolute Gasteiger partial charge is 0.226 e. The Morgan fingerprint density at radius 3 is 3.00 bits per heavy atom. The van der Waals surface area contributed by atoms with Crippen LogP contribution in [-0.4, -0.2) is 29.9 Å². The molecule has 3 heterocycles. The van der Waals surface area contributed by atoms with Crippen molar-refractivity contribution in [3.63, 3.8) is 0 Å². The van der Waals surface area contributed by atoms with Gasteiger partial charge in [-0.3, -0.25) is 4.68 Å². The molecule has 0 aromatic carbocycles. The van der Waals surface area contributed by atoms with Gasteiger partial charge in [0, 0.05) is 14.0 Å². The normalized spacial score (nSPS) is 11.2. The zero-order valence-electron chi connectivity index (χ0n) is 9.86. The maximum atomic E-state index is 5.32. The summed E-state index contributed by atoms with van der Waals surface area (Å²) in [6.45, 7) is 1.77. The maximum Gasteiger partial charge on any atom is 0.226 e. The Balaban J connectivity index is 1.86. The molecule has 0 N–H and O–H groups in total. The van der Waals surface area contributed by atoms with E-state index in [-0.39, 0.29) is 0 Å². The van der Waals surface area contributed by atoms with E-state index in [0.29, 0.717) is 17.5 Å². The fourth-order valence-corrected chi connectivity index (χ4v) is 2.38. The van der Waals surface area contributed by atoms with Crippen LogP contribution in [0, 0.1) is 6.92 Å². The van der Waals surface area contributed by atoms with Crippen LogP contribution in [0.15, 0.2) is 22.0 Å². The molecule has 0 saturated heterocycles. The highest BCUT2D eigenvalue weighted by molar-refractivity contribution is 7.98. The lowest BCUT2D eigenvalue weighted by atomic mass is 10.4. The third-order valence-electron chi connectivity index (χ3n) is 2.39. The number of thioether (sulfide) groups is 1. The van der Waals surface area contributed by atoms with Crippen molar-refractivity contribution < 1.29 is 4.42 Å². The summed E-state index contributed by atoms with van der Waals surface area (Å²) in [6, 6.07) is 0. The molecule has 0 fully saturated rings. The van der Waals surface area contributed by atoms with Crippen molar-refractivity contribution in [3.8, 4) is 0 Å². The highest BCUT2D eigenvalue weighted by Crippen LogP contribution is 2.26. The van der Waals surface area contributed by atoms with E-state index in [1.807, 2.05) is 7.05 Å². The Kier molecular flexibility index (Phi) is 2.71. The summed E-state index contributed by atoms with van der Waals surface area (Å²) in [7, 11) is 1.85. The molecule has 0 saturated carbocycles. The van der Waals surface area contributed by atoms with Gasteiger partial charge in [-0.05, 0) is 0 Å². The second-order valence-corrected chi connectivity index (χ2v) is 4.65. The quantitative estimate of drug-likeness (QED) is 0.520. The van der Waals surface area contributed by atoms with E-state index in [1.165, 1.54) is 18.1 Å². The summed E-state index contributed by atoms with van der Waals surface area (Å²) in [5.41, 5.74) is 0.814. The van der Waals surface area contributed by atoms with Gasteiger partial charge in [-0.1, -0.05) is 11.8 Å². The van der Waals surface area contributed by atoms with E-state index in [4.69, 9.17) is 4.42 Å². The molecule has 0 amide bonds. The molecule has 0 aliphatic heterocycles. The molecule has 0 atom stereocenters. The van der Waals surface area contributed by atoms with Gasteiger partial charge in [-0.15, -0.1) is 10.2 Å². The van der Waals surface area contributed by atoms with E-state index >= 15 is 0 Å². The third kappa shape index (κ3) is 1.94. The molecule has 0 aliphatic carbocycles. The number of fused-ring (bicyclic) bond motifs is 1. The number of hydrogen-bond acceptors (Lipinski definition) is 7. The molecule has 7 nitrogen and oxygen atoms in total. The van der Waals surface area contributed by atoms with Crippen molar-refractivity contribution in [3.05, 3.63) is 24.3 Å². The summed E-state index contributed by atoms with van der Waals surface area (Å²) < 4.78 is 7.04. The molecule has 18 heavy (non-hydrogen) atoms. The van der Waals surface area contributed by atoms with Gasteiger partial charge in [0.1, 0.15) is 11.4 Å². The van der Waals surface area contributed by atoms with Crippen LogP contribution < -0.4 is 0 Å². The highest BCUT2D eigenvalue weighted by Gasteiger charge is 2.10. The van der Waals surface area contributed by atoms with Crippen LogP contribution in [0.1, 0.15) is 11.8 Å². The molecule has 0 unspecified atom stereocenters. The average molecular weight is 262 g/mol. The molecule has 3 rings (SSSR count). The Bertz CT molecular complexity index is 691. The molecule has 0 bridgehead atoms. The number of aromatic nitrogens is 6. The molecule has 3 aromatic heterocycles. The molecular formula is C10H10N6OS. The molecule has 0 radical (unpaired) electrons. The molecule has 3 aromatic rings. The van der Waals surface area contributed by atoms with Crippen LogP contribution in [-0.2, 0) is 12.8 Å². The van der Waals surface area contributed by atoms with E-state index in [0.717, 1.165) is 16.1 Å². The second kappa shape index (κ2) is 4.37. The summed E-state index contributed by atoms with van der Waals surface area (Å²) in [4.78, 5) is 8.44. The lowest BCUT2D eigenvalue weighted by molar-refractivity contribution is 0.485. The van der Waals surface area contributed by atoms with Crippen molar-refractivity contribution in [2.24, 2.45) is 7.05 Å². The van der Waals surface area contributed by atoms with Gasteiger partial charge in [0.05, 0.1) is 17.3 Å². The summed E-state index contributed by atoms with van der Waals surface area (Å²) in [5.74, 6) is 1.75. The highest BCUT2D eigenvalue weighted by atomic mass is 32.2. The summed E-state index contributed by atoms with van der Waals surface area (Å²) in [6.07, 6.45) is 3.29. The van der Waals surface area contributed by atoms with Crippen LogP contribution in [0.4, 0.5) is 0 Å². The van der Waals surface area contributed by atoms with Crippen LogP contribution in [0.3, 0.4) is 0 Å². The largest absolute Gasteiger partial charge is 0.425 e. The van der Waals surface area contributed by atoms with Crippen LogP contribution in [0.25, 0.3) is 11.0 Å². The molecular weight excluding hydrogens is 252 g/mol. The topological polar surface area (TPSA) is 82.5 Å². The van der Waals surface area contributed by atoms with Crippen molar-refractivity contribution in [2.75, 3.05) is 0 Å². The number of aryl methyl sites for hydroxylation is 2. The number of hydrogen-bond donors (Lipinski definition) is 0. The molecule has 8 heteroatoms. The SMILES string of the molecule is Cc1nnc(CSc2ncnc3c2cnn3C)o1. The standard InChI is InChI=1S/C10H10N6OS/c1-6-14-15-8(17-6)4-18-10-7-3-13-16(2)9(7)11-5-12-10/h3,5H,4H2,1-2H3. The van der Waals surface area contributed by atoms with Gasteiger partial charge >= 0.3 is 0 Å². The third-order valence-corrected chi connectivity index (χ3v) is 3.38. The maximum absolute atomic E-state index is 5.32. The predicted octanol–water partition coefficient (Wildman–Crippen LogP) is 1.35. The minimum absolute atomic E-state index is 0.569. The zero-order valence-corrected chi connectivity index (χ0v) is 10.7. The van der Waals surface area contributed by atoms with E-state index < -0.39 is 0 Å². The Morgan fingerprint density at radius 1 is 1.33 bits per heavy atom. The van der Waals surface area contributed by atoms with Gasteiger partial charge in [0.2, 0.25) is 11.8 Å². The first-order chi connectivity index (χ1) is 8.74. The first-order valence-electron chi connectivity index (χ1n) is 5.28. The van der Waals surface area contributed by atoms with Crippen LogP contribution in [0.2, 0.25) is 0 Å². The first-order valence-corrected chi connectivity index (χ1v) is 6.27. The molecule has 0 aliphatic rings. The average Bonchev–Trinajstić information content (AvgIpc) is 2.94. The molecule has 0 spiro atoms. The van der Waals surface area contributed by atoms with Gasteiger partial charge in [0.25, 0.3) is 0 Å². The summed E-state index contributed by atoms with van der Waals surface area (Å²) >= 11 is 1.53. The minimum atomic E-state index is 0.569. The van der Waals surface area contributed by atoms with Crippen molar-refractivity contribution >= 4 is 22.8 Å². The monoisotopic (exact) mass is 262 g/mol. The van der Waals surface area contributed by atoms with Crippen molar-refractivity contribution in [1.29, 1.82) is 0 Å². The minimum Gasteiger partial charge on any atom is -0.425 e. The molecule has 92 valence electrons. The Morgan fingerprint density at radius 2 is 2.22 bits per heavy atom. The summed E-state index contributed by atoms with van der Waals surface area (Å²) in [5, 5.41) is 13.7. The lowest BCUT2D eigenvalue weighted by Gasteiger charge is -1.99. The van der Waals surface area contributed by atoms with E-state index in [2.05, 4.69) is 25.3 Å². The lowest BCUT2D eigenvalue weighted by Crippen LogP contribution is -1.93.